The number of aromatic nitrogens is 2. The van der Waals surface area contributed by atoms with E-state index in [1.54, 1.807) is 0 Å². The molecule has 0 saturated carbocycles. The Hall–Kier alpha value is -1.97. The summed E-state index contributed by atoms with van der Waals surface area (Å²) in [7, 11) is 0. The molecule has 1 atom stereocenters. The Morgan fingerprint density at radius 3 is 2.76 bits per heavy atom. The highest BCUT2D eigenvalue weighted by Crippen LogP contribution is 2.38. The number of rotatable bonds is 1. The molecule has 0 aliphatic heterocycles. The first-order valence-corrected chi connectivity index (χ1v) is 7.52. The second kappa shape index (κ2) is 4.52. The molecule has 3 rings (SSSR count). The molecule has 0 saturated heterocycles. The largest absolute Gasteiger partial charge is 0.397 e. The molecule has 4 heteroatoms. The summed E-state index contributed by atoms with van der Waals surface area (Å²) in [4.78, 5) is 8.04. The summed E-state index contributed by atoms with van der Waals surface area (Å²) in [6.45, 7) is 10.7. The number of nitrogens with two attached hydrogens (primary N) is 2. The number of hydrogen-bond acceptors (Lipinski definition) is 3. The molecule has 112 valence electrons. The van der Waals surface area contributed by atoms with Crippen molar-refractivity contribution in [2.24, 2.45) is 17.1 Å². The van der Waals surface area contributed by atoms with Crippen LogP contribution >= 0.6 is 0 Å². The second-order valence-electron chi connectivity index (χ2n) is 7.24. The highest BCUT2D eigenvalue weighted by atomic mass is 14.9. The van der Waals surface area contributed by atoms with Crippen LogP contribution in [0.15, 0.2) is 12.6 Å². The van der Waals surface area contributed by atoms with Gasteiger partial charge < -0.3 is 16.5 Å². The maximum Gasteiger partial charge on any atom is 0.112 e. The van der Waals surface area contributed by atoms with Crippen molar-refractivity contribution < 1.29 is 0 Å². The average molecular weight is 284 g/mol. The van der Waals surface area contributed by atoms with E-state index < -0.39 is 0 Å². The van der Waals surface area contributed by atoms with Gasteiger partial charge in [0.25, 0.3) is 0 Å². The number of aromatic amines is 1. The van der Waals surface area contributed by atoms with E-state index in [0.29, 0.717) is 28.4 Å². The molecule has 21 heavy (non-hydrogen) atoms. The summed E-state index contributed by atoms with van der Waals surface area (Å²) >= 11 is 0. The standard InChI is InChI=1S/C17H24N4/c1-9(18)15-14(19)16-13(21-15)8-10-7-11(17(2,3)4)5-6-12(10)20-16/h8,11,21H,1,5-7,18-19H2,2-4H3. The van der Waals surface area contributed by atoms with E-state index in [2.05, 4.69) is 38.4 Å². The molecule has 0 aromatic carbocycles. The number of nitrogens with one attached hydrogen (secondary N) is 1. The van der Waals surface area contributed by atoms with Crippen LogP contribution in [0.25, 0.3) is 16.7 Å². The van der Waals surface area contributed by atoms with Crippen molar-refractivity contribution in [1.29, 1.82) is 0 Å². The summed E-state index contributed by atoms with van der Waals surface area (Å²) in [6, 6.07) is 2.19. The Balaban J connectivity index is 2.08. The van der Waals surface area contributed by atoms with Crippen molar-refractivity contribution in [3.63, 3.8) is 0 Å². The van der Waals surface area contributed by atoms with Gasteiger partial charge in [-0.3, -0.25) is 0 Å². The van der Waals surface area contributed by atoms with Gasteiger partial charge in [-0.05, 0) is 42.2 Å². The molecule has 2 aromatic heterocycles. The van der Waals surface area contributed by atoms with Gasteiger partial charge in [-0.2, -0.15) is 0 Å². The normalized spacial score (nSPS) is 18.7. The summed E-state index contributed by atoms with van der Waals surface area (Å²) in [5.74, 6) is 0.695. The zero-order valence-corrected chi connectivity index (χ0v) is 13.1. The topological polar surface area (TPSA) is 80.7 Å². The molecule has 5 N–H and O–H groups in total. The fraction of sp³-hybridized carbons (Fsp3) is 0.471. The molecular formula is C17H24N4. The van der Waals surface area contributed by atoms with Crippen LogP contribution in [0.2, 0.25) is 0 Å². The number of H-pyrrole nitrogens is 1. The molecule has 1 aliphatic carbocycles. The Morgan fingerprint density at radius 2 is 2.14 bits per heavy atom. The number of hydrogen-bond donors (Lipinski definition) is 3. The van der Waals surface area contributed by atoms with E-state index in [9.17, 15) is 0 Å². The number of fused-ring (bicyclic) bond motifs is 2. The molecule has 0 fully saturated rings. The molecule has 1 aliphatic rings. The second-order valence-corrected chi connectivity index (χ2v) is 7.24. The van der Waals surface area contributed by atoms with Gasteiger partial charge in [0.05, 0.1) is 22.6 Å². The fourth-order valence-corrected chi connectivity index (χ4v) is 3.28. The van der Waals surface area contributed by atoms with Crippen LogP contribution in [0, 0.1) is 11.3 Å². The number of nitrogens with zero attached hydrogens (tertiary/aromatic N) is 1. The minimum atomic E-state index is 0.331. The third kappa shape index (κ3) is 2.28. The number of nitrogen functional groups attached to an aromatic ring is 1. The highest BCUT2D eigenvalue weighted by Gasteiger charge is 2.29. The monoisotopic (exact) mass is 284 g/mol. The van der Waals surface area contributed by atoms with E-state index in [0.717, 1.165) is 23.9 Å². The van der Waals surface area contributed by atoms with Gasteiger partial charge in [0, 0.05) is 5.69 Å². The number of pyridine rings is 1. The van der Waals surface area contributed by atoms with Crippen LogP contribution in [0.5, 0.6) is 0 Å². The molecule has 2 aromatic rings. The molecule has 0 amide bonds. The van der Waals surface area contributed by atoms with Crippen LogP contribution in [-0.4, -0.2) is 9.97 Å². The van der Waals surface area contributed by atoms with Crippen LogP contribution in [0.4, 0.5) is 5.69 Å². The lowest BCUT2D eigenvalue weighted by Gasteiger charge is -2.34. The lowest BCUT2D eigenvalue weighted by molar-refractivity contribution is 0.215. The Kier molecular flexibility index (Phi) is 3.01. The zero-order valence-electron chi connectivity index (χ0n) is 13.1. The van der Waals surface area contributed by atoms with E-state index in [1.807, 2.05) is 0 Å². The predicted molar refractivity (Wildman–Crippen MR) is 88.7 cm³/mol. The van der Waals surface area contributed by atoms with Crippen molar-refractivity contribution in [3.05, 3.63) is 29.6 Å². The van der Waals surface area contributed by atoms with Crippen LogP contribution in [-0.2, 0) is 12.8 Å². The highest BCUT2D eigenvalue weighted by molar-refractivity contribution is 5.94. The molecule has 0 bridgehead atoms. The lowest BCUT2D eigenvalue weighted by atomic mass is 9.71. The molecule has 4 nitrogen and oxygen atoms in total. The van der Waals surface area contributed by atoms with Gasteiger partial charge in [-0.1, -0.05) is 27.4 Å². The number of anilines is 1. The van der Waals surface area contributed by atoms with E-state index in [1.165, 1.54) is 17.7 Å². The third-order valence-electron chi connectivity index (χ3n) is 4.72. The molecule has 1 unspecified atom stereocenters. The Bertz CT molecular complexity index is 718. The van der Waals surface area contributed by atoms with Crippen molar-refractivity contribution in [3.8, 4) is 0 Å². The minimum Gasteiger partial charge on any atom is -0.397 e. The van der Waals surface area contributed by atoms with Crippen molar-refractivity contribution >= 4 is 22.4 Å². The number of aryl methyl sites for hydroxylation is 1. The van der Waals surface area contributed by atoms with Crippen molar-refractivity contribution in [2.75, 3.05) is 5.73 Å². The van der Waals surface area contributed by atoms with Gasteiger partial charge in [0.15, 0.2) is 0 Å². The van der Waals surface area contributed by atoms with Gasteiger partial charge in [-0.15, -0.1) is 0 Å². The van der Waals surface area contributed by atoms with E-state index in [-0.39, 0.29) is 0 Å². The Morgan fingerprint density at radius 1 is 1.43 bits per heavy atom. The minimum absolute atomic E-state index is 0.331. The zero-order chi connectivity index (χ0) is 15.4. The van der Waals surface area contributed by atoms with Gasteiger partial charge in [-0.25, -0.2) is 4.98 Å². The van der Waals surface area contributed by atoms with E-state index in [4.69, 9.17) is 16.5 Å². The summed E-state index contributed by atoms with van der Waals surface area (Å²) in [5, 5.41) is 0. The van der Waals surface area contributed by atoms with Crippen molar-refractivity contribution in [1.82, 2.24) is 9.97 Å². The van der Waals surface area contributed by atoms with Gasteiger partial charge in [0.1, 0.15) is 5.52 Å². The summed E-state index contributed by atoms with van der Waals surface area (Å²) in [5.41, 5.74) is 18.3. The first-order chi connectivity index (χ1) is 9.77. The Labute approximate surface area is 125 Å². The molecule has 2 heterocycles. The molecule has 0 spiro atoms. The fourth-order valence-electron chi connectivity index (χ4n) is 3.28. The summed E-state index contributed by atoms with van der Waals surface area (Å²) in [6.07, 6.45) is 3.30. The quantitative estimate of drug-likeness (QED) is 0.752. The molecule has 0 radical (unpaired) electrons. The maximum atomic E-state index is 6.14. The smallest absolute Gasteiger partial charge is 0.112 e. The molecular weight excluding hydrogens is 260 g/mol. The lowest BCUT2D eigenvalue weighted by Crippen LogP contribution is -2.27. The SMILES string of the molecule is C=C(N)c1[nH]c2cc3c(nc2c1N)CCC(C(C)(C)C)C3. The van der Waals surface area contributed by atoms with Crippen LogP contribution < -0.4 is 11.5 Å². The van der Waals surface area contributed by atoms with Crippen LogP contribution in [0.3, 0.4) is 0 Å². The first kappa shape index (κ1) is 14.0. The summed E-state index contributed by atoms with van der Waals surface area (Å²) < 4.78 is 0. The van der Waals surface area contributed by atoms with Gasteiger partial charge >= 0.3 is 0 Å². The predicted octanol–water partition coefficient (Wildman–Crippen LogP) is 3.23. The first-order valence-electron chi connectivity index (χ1n) is 7.52. The van der Waals surface area contributed by atoms with Gasteiger partial charge in [0.2, 0.25) is 0 Å². The third-order valence-corrected chi connectivity index (χ3v) is 4.72. The average Bonchev–Trinajstić information content (AvgIpc) is 2.72. The van der Waals surface area contributed by atoms with Crippen molar-refractivity contribution in [2.45, 2.75) is 40.0 Å². The maximum absolute atomic E-state index is 6.14. The van der Waals surface area contributed by atoms with E-state index >= 15 is 0 Å². The van der Waals surface area contributed by atoms with Crippen LogP contribution in [0.1, 0.15) is 44.1 Å².